The topological polar surface area (TPSA) is 38.3 Å². The van der Waals surface area contributed by atoms with Gasteiger partial charge in [-0.3, -0.25) is 4.79 Å². The molecule has 1 saturated heterocycles. The summed E-state index contributed by atoms with van der Waals surface area (Å²) in [7, 11) is 0. The fourth-order valence-electron chi connectivity index (χ4n) is 2.31. The van der Waals surface area contributed by atoms with Crippen molar-refractivity contribution >= 4 is 17.5 Å². The van der Waals surface area contributed by atoms with Crippen LogP contribution < -0.4 is 5.32 Å². The van der Waals surface area contributed by atoms with Crippen LogP contribution in [-0.4, -0.2) is 19.1 Å². The van der Waals surface area contributed by atoms with Gasteiger partial charge in [0.15, 0.2) is 0 Å². The maximum atomic E-state index is 12.3. The molecule has 1 aromatic rings. The van der Waals surface area contributed by atoms with E-state index in [1.165, 1.54) is 0 Å². The van der Waals surface area contributed by atoms with Crippen LogP contribution in [0.4, 0.5) is 0 Å². The highest BCUT2D eigenvalue weighted by atomic mass is 35.5. The summed E-state index contributed by atoms with van der Waals surface area (Å²) < 4.78 is 5.28. The third kappa shape index (κ3) is 3.71. The summed E-state index contributed by atoms with van der Waals surface area (Å²) in [6.07, 6.45) is 1.62. The molecular formula is C15H20ClNO2. The molecule has 0 spiro atoms. The van der Waals surface area contributed by atoms with Crippen molar-refractivity contribution in [2.75, 3.05) is 13.2 Å². The van der Waals surface area contributed by atoms with Gasteiger partial charge in [-0.25, -0.2) is 0 Å². The number of hydrogen-bond acceptors (Lipinski definition) is 2. The fourth-order valence-corrected chi connectivity index (χ4v) is 2.43. The third-order valence-electron chi connectivity index (χ3n) is 3.59. The van der Waals surface area contributed by atoms with Crippen LogP contribution in [0.1, 0.15) is 32.3 Å². The first-order valence-electron chi connectivity index (χ1n) is 6.65. The van der Waals surface area contributed by atoms with Crippen LogP contribution in [0, 0.1) is 5.92 Å². The Morgan fingerprint density at radius 3 is 2.42 bits per heavy atom. The van der Waals surface area contributed by atoms with Crippen molar-refractivity contribution in [1.82, 2.24) is 5.32 Å². The van der Waals surface area contributed by atoms with E-state index in [4.69, 9.17) is 16.3 Å². The predicted octanol–water partition coefficient (Wildman–Crippen LogP) is 3.12. The summed E-state index contributed by atoms with van der Waals surface area (Å²) in [6.45, 7) is 5.37. The minimum absolute atomic E-state index is 0.0697. The van der Waals surface area contributed by atoms with E-state index in [0.29, 0.717) is 18.2 Å². The summed E-state index contributed by atoms with van der Waals surface area (Å²) in [5, 5.41) is 3.83. The molecule has 1 heterocycles. The molecule has 19 heavy (non-hydrogen) atoms. The summed E-state index contributed by atoms with van der Waals surface area (Å²) in [6, 6.07) is 7.59. The molecular weight excluding hydrogens is 262 g/mol. The molecule has 0 unspecified atom stereocenters. The molecule has 3 nitrogen and oxygen atoms in total. The normalized spacial score (nSPS) is 17.2. The molecule has 0 radical (unpaired) electrons. The van der Waals surface area contributed by atoms with E-state index < -0.39 is 0 Å². The van der Waals surface area contributed by atoms with Crippen LogP contribution in [0.15, 0.2) is 24.3 Å². The summed E-state index contributed by atoms with van der Waals surface area (Å²) in [5.74, 6) is 0.184. The third-order valence-corrected chi connectivity index (χ3v) is 3.85. The van der Waals surface area contributed by atoms with Gasteiger partial charge < -0.3 is 10.1 Å². The first kappa shape index (κ1) is 14.4. The van der Waals surface area contributed by atoms with Gasteiger partial charge in [-0.1, -0.05) is 23.7 Å². The van der Waals surface area contributed by atoms with Gasteiger partial charge in [-0.15, -0.1) is 0 Å². The van der Waals surface area contributed by atoms with Gasteiger partial charge in [0, 0.05) is 24.2 Å². The van der Waals surface area contributed by atoms with E-state index in [9.17, 15) is 4.79 Å². The molecule has 1 N–H and O–H groups in total. The van der Waals surface area contributed by atoms with Gasteiger partial charge in [-0.2, -0.15) is 0 Å². The Hall–Kier alpha value is -1.06. The first-order valence-corrected chi connectivity index (χ1v) is 7.02. The fraction of sp³-hybridized carbons (Fsp3) is 0.533. The lowest BCUT2D eigenvalue weighted by Crippen LogP contribution is -2.45. The second-order valence-electron chi connectivity index (χ2n) is 5.51. The lowest BCUT2D eigenvalue weighted by Gasteiger charge is -2.30. The van der Waals surface area contributed by atoms with E-state index in [2.05, 4.69) is 5.32 Å². The molecule has 1 aliphatic heterocycles. The molecule has 0 atom stereocenters. The molecule has 1 aliphatic rings. The maximum absolute atomic E-state index is 12.3. The van der Waals surface area contributed by atoms with Crippen molar-refractivity contribution in [3.8, 4) is 0 Å². The molecule has 0 aliphatic carbocycles. The van der Waals surface area contributed by atoms with Crippen LogP contribution in [0.2, 0.25) is 5.02 Å². The number of carbonyl (C=O) groups is 1. The second kappa shape index (κ2) is 5.93. The molecule has 1 aromatic carbocycles. The summed E-state index contributed by atoms with van der Waals surface area (Å²) in [4.78, 5) is 12.3. The zero-order valence-electron chi connectivity index (χ0n) is 11.4. The van der Waals surface area contributed by atoms with Crippen molar-refractivity contribution in [1.29, 1.82) is 0 Å². The van der Waals surface area contributed by atoms with E-state index in [1.807, 2.05) is 38.1 Å². The Labute approximate surface area is 119 Å². The Bertz CT molecular complexity index is 436. The average Bonchev–Trinajstić information content (AvgIpc) is 2.40. The lowest BCUT2D eigenvalue weighted by molar-refractivity contribution is -0.129. The molecule has 2 rings (SSSR count). The number of amides is 1. The number of rotatable bonds is 3. The second-order valence-corrected chi connectivity index (χ2v) is 5.94. The van der Waals surface area contributed by atoms with E-state index in [-0.39, 0.29) is 17.4 Å². The largest absolute Gasteiger partial charge is 0.381 e. The van der Waals surface area contributed by atoms with Gasteiger partial charge in [0.25, 0.3) is 0 Å². The Morgan fingerprint density at radius 1 is 1.26 bits per heavy atom. The number of benzene rings is 1. The van der Waals surface area contributed by atoms with Gasteiger partial charge >= 0.3 is 0 Å². The van der Waals surface area contributed by atoms with Crippen molar-refractivity contribution in [3.05, 3.63) is 34.9 Å². The summed E-state index contributed by atoms with van der Waals surface area (Å²) in [5.41, 5.74) is 0.664. The van der Waals surface area contributed by atoms with E-state index in [0.717, 1.165) is 18.4 Å². The highest BCUT2D eigenvalue weighted by Crippen LogP contribution is 2.24. The lowest BCUT2D eigenvalue weighted by atomic mass is 9.92. The van der Waals surface area contributed by atoms with Crippen LogP contribution >= 0.6 is 11.6 Å². The standard InChI is InChI=1S/C15H20ClNO2/c1-15(2,12-3-5-13(16)6-4-12)17-14(18)11-7-9-19-10-8-11/h3-6,11H,7-10H2,1-2H3,(H,17,18). The average molecular weight is 282 g/mol. The SMILES string of the molecule is CC(C)(NC(=O)C1CCOCC1)c1ccc(Cl)cc1. The van der Waals surface area contributed by atoms with Crippen molar-refractivity contribution in [2.45, 2.75) is 32.2 Å². The molecule has 104 valence electrons. The Balaban J connectivity index is 2.03. The minimum atomic E-state index is -0.389. The number of halogens is 1. The van der Waals surface area contributed by atoms with Gasteiger partial charge in [-0.05, 0) is 44.4 Å². The predicted molar refractivity (Wildman–Crippen MR) is 76.2 cm³/mol. The molecule has 0 aromatic heterocycles. The zero-order chi connectivity index (χ0) is 13.9. The maximum Gasteiger partial charge on any atom is 0.223 e. The molecule has 4 heteroatoms. The van der Waals surface area contributed by atoms with Crippen LogP contribution in [0.3, 0.4) is 0 Å². The number of hydrogen-bond donors (Lipinski definition) is 1. The Kier molecular flexibility index (Phi) is 4.48. The van der Waals surface area contributed by atoms with Crippen LogP contribution in [0.25, 0.3) is 0 Å². The molecule has 0 saturated carbocycles. The first-order chi connectivity index (χ1) is 8.99. The molecule has 1 amide bonds. The van der Waals surface area contributed by atoms with Crippen molar-refractivity contribution in [2.24, 2.45) is 5.92 Å². The number of nitrogens with one attached hydrogen (secondary N) is 1. The highest BCUT2D eigenvalue weighted by Gasteiger charge is 2.28. The molecule has 0 bridgehead atoms. The number of carbonyl (C=O) groups excluding carboxylic acids is 1. The minimum Gasteiger partial charge on any atom is -0.381 e. The van der Waals surface area contributed by atoms with Gasteiger partial charge in [0.1, 0.15) is 0 Å². The van der Waals surface area contributed by atoms with E-state index in [1.54, 1.807) is 0 Å². The van der Waals surface area contributed by atoms with Gasteiger partial charge in [0.05, 0.1) is 5.54 Å². The van der Waals surface area contributed by atoms with Crippen LogP contribution in [-0.2, 0) is 15.1 Å². The Morgan fingerprint density at radius 2 is 1.84 bits per heavy atom. The number of ether oxygens (including phenoxy) is 1. The van der Waals surface area contributed by atoms with Gasteiger partial charge in [0.2, 0.25) is 5.91 Å². The highest BCUT2D eigenvalue weighted by molar-refractivity contribution is 6.30. The smallest absolute Gasteiger partial charge is 0.223 e. The quantitative estimate of drug-likeness (QED) is 0.924. The van der Waals surface area contributed by atoms with E-state index >= 15 is 0 Å². The zero-order valence-corrected chi connectivity index (χ0v) is 12.2. The van der Waals surface area contributed by atoms with Crippen molar-refractivity contribution < 1.29 is 9.53 Å². The molecule has 1 fully saturated rings. The summed E-state index contributed by atoms with van der Waals surface area (Å²) >= 11 is 5.89. The van der Waals surface area contributed by atoms with Crippen LogP contribution in [0.5, 0.6) is 0 Å². The monoisotopic (exact) mass is 281 g/mol. The van der Waals surface area contributed by atoms with Crippen molar-refractivity contribution in [3.63, 3.8) is 0 Å².